The summed E-state index contributed by atoms with van der Waals surface area (Å²) in [5.74, 6) is 0. The molecule has 0 aromatic heterocycles. The Kier molecular flexibility index (Phi) is 123. The molecule has 4 heavy (non-hydrogen) atoms. The van der Waals surface area contributed by atoms with Crippen molar-refractivity contribution < 1.29 is 71.9 Å². The summed E-state index contributed by atoms with van der Waals surface area (Å²) in [5.41, 5.74) is 0. The summed E-state index contributed by atoms with van der Waals surface area (Å²) in [6, 6.07) is 0. The van der Waals surface area contributed by atoms with Crippen molar-refractivity contribution in [2.24, 2.45) is 0 Å². The van der Waals surface area contributed by atoms with E-state index in [2.05, 4.69) is 0 Å². The zero-order valence-corrected chi connectivity index (χ0v) is 10.6. The summed E-state index contributed by atoms with van der Waals surface area (Å²) >= 11 is 0. The third-order valence-corrected chi connectivity index (χ3v) is 0. The molecule has 0 rings (SSSR count). The quantitative estimate of drug-likeness (QED) is 0.254. The zero-order valence-electron chi connectivity index (χ0n) is 1.71. The van der Waals surface area contributed by atoms with Gasteiger partial charge in [-0.2, -0.15) is 0 Å². The van der Waals surface area contributed by atoms with Crippen LogP contribution in [0.15, 0.2) is 0 Å². The predicted molar refractivity (Wildman–Crippen MR) is 5.75 cm³/mol. The minimum Gasteiger partial charge on any atom is -1.00 e. The number of hydrogen-bond acceptors (Lipinski definition) is 0. The first-order valence-electron chi connectivity index (χ1n) is 0. The van der Waals surface area contributed by atoms with Crippen molar-refractivity contribution in [3.05, 3.63) is 0 Å². The molecule has 0 aliphatic rings. The Morgan fingerprint density at radius 3 is 0.500 bits per heavy atom. The molecule has 0 radical (unpaired) electrons. The van der Waals surface area contributed by atoms with Gasteiger partial charge in [0.1, 0.15) is 0 Å². The molecule has 0 fully saturated rings. The second-order valence-corrected chi connectivity index (χ2v) is 0. The summed E-state index contributed by atoms with van der Waals surface area (Å²) < 4.78 is 0. The molecule has 4 heteroatoms. The van der Waals surface area contributed by atoms with Crippen LogP contribution in [0.4, 0.5) is 0 Å². The van der Waals surface area contributed by atoms with Crippen LogP contribution < -0.4 is 71.9 Å². The van der Waals surface area contributed by atoms with E-state index in [4.69, 9.17) is 0 Å². The van der Waals surface area contributed by atoms with Crippen LogP contribution in [0.3, 0.4) is 0 Å². The van der Waals surface area contributed by atoms with Crippen molar-refractivity contribution in [1.29, 1.82) is 0 Å². The van der Waals surface area contributed by atoms with Gasteiger partial charge >= 0.3 is 19.8 Å². The Morgan fingerprint density at radius 2 is 0.500 bits per heavy atom. The van der Waals surface area contributed by atoms with Gasteiger partial charge in [0, 0.05) is 0 Å². The smallest absolute Gasteiger partial charge is 1.00 e. The normalized spacial score (nSPS) is 0. The van der Waals surface area contributed by atoms with Gasteiger partial charge in [0.15, 0.2) is 0 Å². The molecule has 0 aliphatic heterocycles. The van der Waals surface area contributed by atoms with E-state index in [9.17, 15) is 0 Å². The van der Waals surface area contributed by atoms with Crippen LogP contribution in [0, 0.1) is 0 Å². The van der Waals surface area contributed by atoms with Crippen LogP contribution in [-0.4, -0.2) is 19.8 Å². The molecule has 0 aliphatic carbocycles. The third-order valence-electron chi connectivity index (χ3n) is 0. The van der Waals surface area contributed by atoms with Crippen LogP contribution in [0.5, 0.6) is 0 Å². The summed E-state index contributed by atoms with van der Waals surface area (Å²) in [6.07, 6.45) is 0. The van der Waals surface area contributed by atoms with Gasteiger partial charge in [0.05, 0.1) is 0 Å². The average molecular weight is 450 g/mol. The first kappa shape index (κ1) is 29.0. The van der Waals surface area contributed by atoms with E-state index in [1.807, 2.05) is 0 Å². The van der Waals surface area contributed by atoms with Gasteiger partial charge in [-0.25, -0.2) is 0 Å². The monoisotopic (exact) mass is 450 g/mol. The van der Waals surface area contributed by atoms with Gasteiger partial charge in [0.25, 0.3) is 0 Å². The molecule has 24 valence electrons. The van der Waals surface area contributed by atoms with E-state index in [1.165, 1.54) is 0 Å². The number of hydrogen-bond donors (Lipinski definition) is 0. The van der Waals surface area contributed by atoms with E-state index in [-0.39, 0.29) is 91.7 Å². The number of halogens is 3. The Hall–Kier alpha value is 2.83. The maximum Gasteiger partial charge on any atom is 3.00 e. The van der Waals surface area contributed by atoms with E-state index >= 15 is 0 Å². The van der Waals surface area contributed by atoms with Crippen molar-refractivity contribution in [2.45, 2.75) is 0 Å². The molecule has 0 N–H and O–H groups in total. The molecular weight excluding hydrogens is 450 g/mol. The molecule has 0 bridgehead atoms. The maximum absolute atomic E-state index is 0. The van der Waals surface area contributed by atoms with Crippen molar-refractivity contribution in [2.75, 3.05) is 0 Å². The Morgan fingerprint density at radius 1 is 0.500 bits per heavy atom. The van der Waals surface area contributed by atoms with E-state index in [0.717, 1.165) is 0 Å². The minimum absolute atomic E-state index is 0. The van der Waals surface area contributed by atoms with Gasteiger partial charge in [0.2, 0.25) is 0 Å². The predicted octanol–water partition coefficient (Wildman–Crippen LogP) is -9.37. The van der Waals surface area contributed by atoms with Gasteiger partial charge in [-0.3, -0.25) is 0 Å². The molecule has 0 nitrogen and oxygen atoms in total. The third kappa shape index (κ3) is 8.85. The Balaban J connectivity index is 0. The molecule has 0 saturated carbocycles. The summed E-state index contributed by atoms with van der Waals surface area (Å²) in [5, 5.41) is 0. The van der Waals surface area contributed by atoms with E-state index in [1.54, 1.807) is 0 Å². The van der Waals surface area contributed by atoms with Gasteiger partial charge in [-0.15, -0.1) is 0 Å². The molecular formula is GaI3. The van der Waals surface area contributed by atoms with Crippen LogP contribution >= 0.6 is 0 Å². The van der Waals surface area contributed by atoms with Crippen LogP contribution in [0.1, 0.15) is 0 Å². The summed E-state index contributed by atoms with van der Waals surface area (Å²) in [6.45, 7) is 0. The van der Waals surface area contributed by atoms with Crippen LogP contribution in [-0.2, 0) is 0 Å². The SMILES string of the molecule is [Ga+3].[I-].[I-].[I-]. The maximum atomic E-state index is 0. The fourth-order valence-corrected chi connectivity index (χ4v) is 0. The Labute approximate surface area is 90.0 Å². The van der Waals surface area contributed by atoms with Crippen molar-refractivity contribution in [3.63, 3.8) is 0 Å². The fourth-order valence-electron chi connectivity index (χ4n) is 0. The molecule has 0 aromatic carbocycles. The fraction of sp³-hybridized carbons (Fsp3) is 0. The standard InChI is InChI=1S/Ga.3HI/h;3*1H/q+3;;;/p-3. The van der Waals surface area contributed by atoms with Crippen molar-refractivity contribution in [3.8, 4) is 0 Å². The summed E-state index contributed by atoms with van der Waals surface area (Å²) in [4.78, 5) is 0. The van der Waals surface area contributed by atoms with Crippen molar-refractivity contribution in [1.82, 2.24) is 0 Å². The molecule has 0 atom stereocenters. The summed E-state index contributed by atoms with van der Waals surface area (Å²) in [7, 11) is 0. The van der Waals surface area contributed by atoms with Gasteiger partial charge in [-0.1, -0.05) is 0 Å². The van der Waals surface area contributed by atoms with Gasteiger partial charge < -0.3 is 71.9 Å². The molecule has 0 spiro atoms. The molecule has 0 heterocycles. The number of rotatable bonds is 0. The first-order chi connectivity index (χ1) is 0. The molecule has 0 aromatic rings. The minimum atomic E-state index is 0. The largest absolute Gasteiger partial charge is 3.00 e. The Bertz CT molecular complexity index is 3.25. The topological polar surface area (TPSA) is 0 Å². The average Bonchev–Trinajstić information content (AvgIpc) is 0. The second kappa shape index (κ2) is 17.0. The van der Waals surface area contributed by atoms with E-state index in [0.29, 0.717) is 0 Å². The molecule has 0 unspecified atom stereocenters. The molecule has 0 amide bonds. The molecule has 0 saturated heterocycles. The van der Waals surface area contributed by atoms with Crippen LogP contribution in [0.2, 0.25) is 0 Å². The van der Waals surface area contributed by atoms with Crippen molar-refractivity contribution >= 4 is 19.8 Å². The van der Waals surface area contributed by atoms with E-state index < -0.39 is 0 Å². The second-order valence-electron chi connectivity index (χ2n) is 0. The zero-order chi connectivity index (χ0) is 0. The van der Waals surface area contributed by atoms with Crippen LogP contribution in [0.25, 0.3) is 0 Å². The van der Waals surface area contributed by atoms with Gasteiger partial charge in [-0.05, 0) is 0 Å². The first-order valence-corrected chi connectivity index (χ1v) is 0.